The Kier molecular flexibility index (Phi) is 3.38. The second kappa shape index (κ2) is 4.77. The van der Waals surface area contributed by atoms with Crippen molar-refractivity contribution in [3.05, 3.63) is 21.9 Å². The molecule has 0 aromatic carbocycles. The first kappa shape index (κ1) is 10.6. The van der Waals surface area contributed by atoms with Gasteiger partial charge in [-0.05, 0) is 29.9 Å². The maximum Gasteiger partial charge on any atom is 0.222 e. The van der Waals surface area contributed by atoms with Crippen molar-refractivity contribution in [3.8, 4) is 0 Å². The number of thiophene rings is 1. The van der Waals surface area contributed by atoms with Crippen molar-refractivity contribution >= 4 is 17.2 Å². The van der Waals surface area contributed by atoms with Crippen LogP contribution in [0.2, 0.25) is 0 Å². The van der Waals surface area contributed by atoms with Gasteiger partial charge in [-0.1, -0.05) is 0 Å². The van der Waals surface area contributed by atoms with Crippen LogP contribution in [0.1, 0.15) is 23.3 Å². The van der Waals surface area contributed by atoms with Gasteiger partial charge >= 0.3 is 0 Å². The highest BCUT2D eigenvalue weighted by molar-refractivity contribution is 7.10. The molecule has 0 fully saturated rings. The zero-order valence-electron chi connectivity index (χ0n) is 8.61. The number of nitrogens with zero attached hydrogens (tertiary/aromatic N) is 1. The SMILES string of the molecule is O=C(CCCO)N1CCc2sccc2C1. The number of carbonyl (C=O) groups excluding carboxylic acids is 1. The fraction of sp³-hybridized carbons (Fsp3) is 0.545. The van der Waals surface area contributed by atoms with E-state index in [1.807, 2.05) is 4.90 Å². The molecule has 0 aliphatic carbocycles. The molecule has 2 heterocycles. The Hall–Kier alpha value is -0.870. The van der Waals surface area contributed by atoms with E-state index in [-0.39, 0.29) is 12.5 Å². The fourth-order valence-electron chi connectivity index (χ4n) is 1.85. The topological polar surface area (TPSA) is 40.5 Å². The van der Waals surface area contributed by atoms with Gasteiger partial charge in [0.2, 0.25) is 5.91 Å². The number of amides is 1. The molecule has 1 aromatic rings. The van der Waals surface area contributed by atoms with Crippen LogP contribution in [0.3, 0.4) is 0 Å². The molecule has 1 amide bonds. The van der Waals surface area contributed by atoms with Crippen molar-refractivity contribution in [1.82, 2.24) is 4.90 Å². The standard InChI is InChI=1S/C11H15NO2S/c13-6-1-2-11(14)12-5-3-10-9(8-12)4-7-15-10/h4,7,13H,1-3,5-6,8H2. The summed E-state index contributed by atoms with van der Waals surface area (Å²) in [7, 11) is 0. The van der Waals surface area contributed by atoms with E-state index in [2.05, 4.69) is 11.4 Å². The van der Waals surface area contributed by atoms with E-state index in [0.717, 1.165) is 19.5 Å². The van der Waals surface area contributed by atoms with Gasteiger partial charge in [-0.3, -0.25) is 4.79 Å². The molecular formula is C11H15NO2S. The predicted octanol–water partition coefficient (Wildman–Crippen LogP) is 1.41. The van der Waals surface area contributed by atoms with Crippen LogP contribution in [-0.2, 0) is 17.8 Å². The lowest BCUT2D eigenvalue weighted by Gasteiger charge is -2.27. The zero-order chi connectivity index (χ0) is 10.7. The molecular weight excluding hydrogens is 210 g/mol. The molecule has 4 heteroatoms. The Labute approximate surface area is 93.3 Å². The monoisotopic (exact) mass is 225 g/mol. The highest BCUT2D eigenvalue weighted by Gasteiger charge is 2.20. The van der Waals surface area contributed by atoms with E-state index in [4.69, 9.17) is 5.11 Å². The minimum absolute atomic E-state index is 0.100. The third-order valence-electron chi connectivity index (χ3n) is 2.71. The molecule has 0 unspecified atom stereocenters. The Morgan fingerprint density at radius 3 is 3.27 bits per heavy atom. The summed E-state index contributed by atoms with van der Waals surface area (Å²) in [5.74, 6) is 0.168. The Balaban J connectivity index is 1.94. The van der Waals surface area contributed by atoms with Crippen molar-refractivity contribution in [2.75, 3.05) is 13.2 Å². The normalized spacial score (nSPS) is 15.1. The lowest BCUT2D eigenvalue weighted by atomic mass is 10.1. The van der Waals surface area contributed by atoms with Gasteiger partial charge in [0.05, 0.1) is 0 Å². The molecule has 3 nitrogen and oxygen atoms in total. The quantitative estimate of drug-likeness (QED) is 0.845. The number of aliphatic hydroxyl groups excluding tert-OH is 1. The van der Waals surface area contributed by atoms with Crippen LogP contribution in [0.5, 0.6) is 0 Å². The van der Waals surface area contributed by atoms with E-state index < -0.39 is 0 Å². The van der Waals surface area contributed by atoms with Crippen molar-refractivity contribution in [1.29, 1.82) is 0 Å². The molecule has 1 aliphatic heterocycles. The molecule has 82 valence electrons. The first-order valence-corrected chi connectivity index (χ1v) is 6.13. The molecule has 0 atom stereocenters. The minimum Gasteiger partial charge on any atom is -0.396 e. The number of hydrogen-bond donors (Lipinski definition) is 1. The maximum atomic E-state index is 11.7. The molecule has 15 heavy (non-hydrogen) atoms. The summed E-state index contributed by atoms with van der Waals surface area (Å²) >= 11 is 1.78. The smallest absolute Gasteiger partial charge is 0.222 e. The molecule has 1 aliphatic rings. The molecule has 1 N–H and O–H groups in total. The van der Waals surface area contributed by atoms with E-state index in [9.17, 15) is 4.79 Å². The van der Waals surface area contributed by atoms with E-state index in [0.29, 0.717) is 12.8 Å². The van der Waals surface area contributed by atoms with Gasteiger partial charge in [-0.15, -0.1) is 11.3 Å². The summed E-state index contributed by atoms with van der Waals surface area (Å²) < 4.78 is 0. The Bertz CT molecular complexity index is 348. The van der Waals surface area contributed by atoms with Gasteiger partial charge in [-0.2, -0.15) is 0 Å². The minimum atomic E-state index is 0.100. The van der Waals surface area contributed by atoms with Crippen LogP contribution in [0.15, 0.2) is 11.4 Å². The number of hydrogen-bond acceptors (Lipinski definition) is 3. The number of rotatable bonds is 3. The molecule has 2 rings (SSSR count). The fourth-order valence-corrected chi connectivity index (χ4v) is 2.74. The van der Waals surface area contributed by atoms with E-state index in [1.54, 1.807) is 11.3 Å². The van der Waals surface area contributed by atoms with Crippen molar-refractivity contribution in [2.45, 2.75) is 25.8 Å². The van der Waals surface area contributed by atoms with Crippen molar-refractivity contribution in [3.63, 3.8) is 0 Å². The molecule has 1 aromatic heterocycles. The lowest BCUT2D eigenvalue weighted by Crippen LogP contribution is -2.35. The second-order valence-electron chi connectivity index (χ2n) is 3.76. The van der Waals surface area contributed by atoms with Gasteiger partial charge in [-0.25, -0.2) is 0 Å². The van der Waals surface area contributed by atoms with E-state index in [1.165, 1.54) is 10.4 Å². The molecule has 0 bridgehead atoms. The van der Waals surface area contributed by atoms with Crippen molar-refractivity contribution < 1.29 is 9.90 Å². The maximum absolute atomic E-state index is 11.7. The summed E-state index contributed by atoms with van der Waals surface area (Å²) in [6, 6.07) is 2.10. The summed E-state index contributed by atoms with van der Waals surface area (Å²) in [6.07, 6.45) is 2.03. The van der Waals surface area contributed by atoms with Crippen LogP contribution >= 0.6 is 11.3 Å². The molecule has 0 saturated carbocycles. The number of aliphatic hydroxyl groups is 1. The highest BCUT2D eigenvalue weighted by Crippen LogP contribution is 2.24. The van der Waals surface area contributed by atoms with E-state index >= 15 is 0 Å². The van der Waals surface area contributed by atoms with Crippen LogP contribution in [0, 0.1) is 0 Å². The highest BCUT2D eigenvalue weighted by atomic mass is 32.1. The van der Waals surface area contributed by atoms with Crippen LogP contribution in [0.25, 0.3) is 0 Å². The number of fused-ring (bicyclic) bond motifs is 1. The largest absolute Gasteiger partial charge is 0.396 e. The summed E-state index contributed by atoms with van der Waals surface area (Å²) in [4.78, 5) is 15.0. The average molecular weight is 225 g/mol. The zero-order valence-corrected chi connectivity index (χ0v) is 9.42. The summed E-state index contributed by atoms with van der Waals surface area (Å²) in [5.41, 5.74) is 1.29. The lowest BCUT2D eigenvalue weighted by molar-refractivity contribution is -0.132. The van der Waals surface area contributed by atoms with Crippen LogP contribution in [0.4, 0.5) is 0 Å². The first-order chi connectivity index (χ1) is 7.31. The van der Waals surface area contributed by atoms with Gasteiger partial charge < -0.3 is 10.0 Å². The summed E-state index contributed by atoms with van der Waals surface area (Å²) in [6.45, 7) is 1.68. The second-order valence-corrected chi connectivity index (χ2v) is 4.76. The predicted molar refractivity (Wildman–Crippen MR) is 59.8 cm³/mol. The Morgan fingerprint density at radius 2 is 2.47 bits per heavy atom. The van der Waals surface area contributed by atoms with Crippen molar-refractivity contribution in [2.24, 2.45) is 0 Å². The van der Waals surface area contributed by atoms with Gasteiger partial charge in [0.1, 0.15) is 0 Å². The Morgan fingerprint density at radius 1 is 1.60 bits per heavy atom. The molecule has 0 saturated heterocycles. The molecule has 0 radical (unpaired) electrons. The van der Waals surface area contributed by atoms with Gasteiger partial charge in [0.25, 0.3) is 0 Å². The third-order valence-corrected chi connectivity index (χ3v) is 3.73. The summed E-state index contributed by atoms with van der Waals surface area (Å²) in [5, 5.41) is 10.8. The van der Waals surface area contributed by atoms with Gasteiger partial charge in [0.15, 0.2) is 0 Å². The average Bonchev–Trinajstić information content (AvgIpc) is 2.72. The van der Waals surface area contributed by atoms with Crippen LogP contribution in [-0.4, -0.2) is 29.1 Å². The third kappa shape index (κ3) is 2.38. The van der Waals surface area contributed by atoms with Gasteiger partial charge in [0, 0.05) is 31.0 Å². The number of carbonyl (C=O) groups is 1. The first-order valence-electron chi connectivity index (χ1n) is 5.25. The van der Waals surface area contributed by atoms with Crippen LogP contribution < -0.4 is 0 Å². The molecule has 0 spiro atoms.